The maximum absolute atomic E-state index is 13.3. The lowest BCUT2D eigenvalue weighted by molar-refractivity contribution is 0.452. The summed E-state index contributed by atoms with van der Waals surface area (Å²) in [6.07, 6.45) is 4.41. The Hall–Kier alpha value is -0.850. The van der Waals surface area contributed by atoms with Gasteiger partial charge >= 0.3 is 0 Å². The number of hydrogen-bond donors (Lipinski definition) is 0. The van der Waals surface area contributed by atoms with E-state index in [-0.39, 0.29) is 5.82 Å². The number of halogens is 1. The van der Waals surface area contributed by atoms with Crippen molar-refractivity contribution >= 4 is 0 Å². The van der Waals surface area contributed by atoms with Crippen molar-refractivity contribution in [2.45, 2.75) is 39.5 Å². The van der Waals surface area contributed by atoms with Crippen LogP contribution in [0.5, 0.6) is 0 Å². The summed E-state index contributed by atoms with van der Waals surface area (Å²) < 4.78 is 13.3. The Labute approximate surface area is 86.2 Å². The van der Waals surface area contributed by atoms with Crippen LogP contribution >= 0.6 is 0 Å². The van der Waals surface area contributed by atoms with Gasteiger partial charge in [0.15, 0.2) is 0 Å². The van der Waals surface area contributed by atoms with E-state index in [9.17, 15) is 4.39 Å². The van der Waals surface area contributed by atoms with Crippen LogP contribution in [0.15, 0.2) is 24.3 Å². The first kappa shape index (κ1) is 11.2. The first-order chi connectivity index (χ1) is 6.77. The molecule has 14 heavy (non-hydrogen) atoms. The Kier molecular flexibility index (Phi) is 4.64. The minimum Gasteiger partial charge on any atom is -0.207 e. The summed E-state index contributed by atoms with van der Waals surface area (Å²) >= 11 is 0. The monoisotopic (exact) mass is 194 g/mol. The molecule has 1 aromatic rings. The van der Waals surface area contributed by atoms with Gasteiger partial charge in [-0.15, -0.1) is 0 Å². The molecule has 0 saturated carbocycles. The van der Waals surface area contributed by atoms with E-state index in [4.69, 9.17) is 0 Å². The maximum atomic E-state index is 13.3. The smallest absolute Gasteiger partial charge is 0.126 e. The average Bonchev–Trinajstić information content (AvgIpc) is 2.20. The van der Waals surface area contributed by atoms with Gasteiger partial charge in [-0.05, 0) is 24.0 Å². The fourth-order valence-electron chi connectivity index (χ4n) is 1.83. The van der Waals surface area contributed by atoms with Crippen LogP contribution < -0.4 is 0 Å². The summed E-state index contributed by atoms with van der Waals surface area (Å²) in [5.41, 5.74) is 0.868. The zero-order valence-electron chi connectivity index (χ0n) is 9.09. The predicted molar refractivity (Wildman–Crippen MR) is 58.8 cm³/mol. The third kappa shape index (κ3) is 3.13. The van der Waals surface area contributed by atoms with E-state index in [2.05, 4.69) is 13.8 Å². The van der Waals surface area contributed by atoms with Crippen LogP contribution in [0.1, 0.15) is 38.7 Å². The van der Waals surface area contributed by atoms with Gasteiger partial charge in [-0.2, -0.15) is 0 Å². The van der Waals surface area contributed by atoms with Gasteiger partial charge in [-0.1, -0.05) is 51.3 Å². The SMILES string of the molecule is CCCC(CC)Cc1ccccc1F. The number of rotatable bonds is 5. The predicted octanol–water partition coefficient (Wildman–Crippen LogP) is 4.19. The van der Waals surface area contributed by atoms with Gasteiger partial charge in [0.2, 0.25) is 0 Å². The standard InChI is InChI=1S/C13H19F/c1-3-7-11(4-2)10-12-8-5-6-9-13(12)14/h5-6,8-9,11H,3-4,7,10H2,1-2H3. The molecule has 0 amide bonds. The second-order valence-electron chi connectivity index (χ2n) is 3.86. The molecule has 1 unspecified atom stereocenters. The summed E-state index contributed by atoms with van der Waals surface area (Å²) in [6.45, 7) is 4.37. The Balaban J connectivity index is 2.62. The van der Waals surface area contributed by atoms with E-state index < -0.39 is 0 Å². The van der Waals surface area contributed by atoms with Crippen LogP contribution in [0.2, 0.25) is 0 Å². The molecule has 1 atom stereocenters. The molecule has 0 spiro atoms. The van der Waals surface area contributed by atoms with Gasteiger partial charge in [0, 0.05) is 0 Å². The molecule has 0 nitrogen and oxygen atoms in total. The zero-order valence-corrected chi connectivity index (χ0v) is 9.09. The van der Waals surface area contributed by atoms with Crippen LogP contribution in [0.25, 0.3) is 0 Å². The van der Waals surface area contributed by atoms with Gasteiger partial charge in [0.1, 0.15) is 5.82 Å². The summed E-state index contributed by atoms with van der Waals surface area (Å²) in [5, 5.41) is 0. The molecule has 78 valence electrons. The van der Waals surface area contributed by atoms with Gasteiger partial charge in [-0.3, -0.25) is 0 Å². The van der Waals surface area contributed by atoms with E-state index >= 15 is 0 Å². The highest BCUT2D eigenvalue weighted by Crippen LogP contribution is 2.19. The third-order valence-electron chi connectivity index (χ3n) is 2.74. The largest absolute Gasteiger partial charge is 0.207 e. The van der Waals surface area contributed by atoms with Crippen molar-refractivity contribution in [3.05, 3.63) is 35.6 Å². The molecule has 0 aliphatic heterocycles. The lowest BCUT2D eigenvalue weighted by Gasteiger charge is -2.13. The Bertz CT molecular complexity index is 268. The van der Waals surface area contributed by atoms with Crippen LogP contribution in [-0.4, -0.2) is 0 Å². The van der Waals surface area contributed by atoms with Gasteiger partial charge in [0.25, 0.3) is 0 Å². The van der Waals surface area contributed by atoms with Gasteiger partial charge in [-0.25, -0.2) is 4.39 Å². The summed E-state index contributed by atoms with van der Waals surface area (Å²) in [4.78, 5) is 0. The molecule has 0 heterocycles. The highest BCUT2D eigenvalue weighted by atomic mass is 19.1. The van der Waals surface area contributed by atoms with E-state index in [1.54, 1.807) is 12.1 Å². The molecule has 0 aromatic heterocycles. The summed E-state index contributed by atoms with van der Waals surface area (Å²) in [7, 11) is 0. The van der Waals surface area contributed by atoms with Crippen molar-refractivity contribution < 1.29 is 4.39 Å². The third-order valence-corrected chi connectivity index (χ3v) is 2.74. The fraction of sp³-hybridized carbons (Fsp3) is 0.538. The van der Waals surface area contributed by atoms with E-state index in [1.165, 1.54) is 12.8 Å². The minimum absolute atomic E-state index is 0.0537. The van der Waals surface area contributed by atoms with Crippen molar-refractivity contribution in [2.75, 3.05) is 0 Å². The first-order valence-corrected chi connectivity index (χ1v) is 5.51. The highest BCUT2D eigenvalue weighted by molar-refractivity contribution is 5.17. The quantitative estimate of drug-likeness (QED) is 0.659. The van der Waals surface area contributed by atoms with Crippen molar-refractivity contribution in [3.8, 4) is 0 Å². The van der Waals surface area contributed by atoms with Crippen LogP contribution in [-0.2, 0) is 6.42 Å². The molecule has 1 rings (SSSR count). The molecule has 1 heteroatoms. The topological polar surface area (TPSA) is 0 Å². The molecule has 0 N–H and O–H groups in total. The van der Waals surface area contributed by atoms with Gasteiger partial charge in [0.05, 0.1) is 0 Å². The first-order valence-electron chi connectivity index (χ1n) is 5.51. The zero-order chi connectivity index (χ0) is 10.4. The second-order valence-corrected chi connectivity index (χ2v) is 3.86. The normalized spacial score (nSPS) is 12.8. The molecule has 1 aromatic carbocycles. The molecule has 0 saturated heterocycles. The average molecular weight is 194 g/mol. The molecule has 0 fully saturated rings. The number of hydrogen-bond acceptors (Lipinski definition) is 0. The second kappa shape index (κ2) is 5.79. The maximum Gasteiger partial charge on any atom is 0.126 e. The Morgan fingerprint density at radius 2 is 1.93 bits per heavy atom. The summed E-state index contributed by atoms with van der Waals surface area (Å²) in [5.74, 6) is 0.582. The molecule has 0 bridgehead atoms. The molecular formula is C13H19F. The van der Waals surface area contributed by atoms with E-state index in [0.717, 1.165) is 18.4 Å². The van der Waals surface area contributed by atoms with E-state index in [0.29, 0.717) is 5.92 Å². The Morgan fingerprint density at radius 1 is 1.21 bits per heavy atom. The fourth-order valence-corrected chi connectivity index (χ4v) is 1.83. The van der Waals surface area contributed by atoms with E-state index in [1.807, 2.05) is 12.1 Å². The van der Waals surface area contributed by atoms with Crippen LogP contribution in [0.3, 0.4) is 0 Å². The molecule has 0 aliphatic carbocycles. The van der Waals surface area contributed by atoms with Crippen molar-refractivity contribution in [2.24, 2.45) is 5.92 Å². The minimum atomic E-state index is -0.0537. The number of benzene rings is 1. The molecule has 0 radical (unpaired) electrons. The Morgan fingerprint density at radius 3 is 2.50 bits per heavy atom. The van der Waals surface area contributed by atoms with Crippen molar-refractivity contribution in [1.29, 1.82) is 0 Å². The van der Waals surface area contributed by atoms with Crippen LogP contribution in [0, 0.1) is 11.7 Å². The van der Waals surface area contributed by atoms with Gasteiger partial charge < -0.3 is 0 Å². The van der Waals surface area contributed by atoms with Crippen molar-refractivity contribution in [3.63, 3.8) is 0 Å². The van der Waals surface area contributed by atoms with Crippen molar-refractivity contribution in [1.82, 2.24) is 0 Å². The summed E-state index contributed by atoms with van der Waals surface area (Å²) in [6, 6.07) is 7.11. The molecule has 0 aliphatic rings. The van der Waals surface area contributed by atoms with Crippen LogP contribution in [0.4, 0.5) is 4.39 Å². The highest BCUT2D eigenvalue weighted by Gasteiger charge is 2.08. The molecular weight excluding hydrogens is 175 g/mol. The lowest BCUT2D eigenvalue weighted by atomic mass is 9.93. The lowest BCUT2D eigenvalue weighted by Crippen LogP contribution is -2.04.